The molecule has 0 aliphatic heterocycles. The Bertz CT molecular complexity index is 548. The van der Waals surface area contributed by atoms with E-state index in [2.05, 4.69) is 10.3 Å². The summed E-state index contributed by atoms with van der Waals surface area (Å²) in [6.45, 7) is 3.85. The van der Waals surface area contributed by atoms with Crippen LogP contribution in [-0.2, 0) is 4.79 Å². The molecule has 2 rings (SSSR count). The maximum atomic E-state index is 12.0. The third-order valence-electron chi connectivity index (χ3n) is 2.97. The molecule has 1 aromatic carbocycles. The van der Waals surface area contributed by atoms with Gasteiger partial charge in [-0.25, -0.2) is 4.98 Å². The van der Waals surface area contributed by atoms with Crippen molar-refractivity contribution in [1.82, 2.24) is 9.55 Å². The molecular weight excluding hydrogens is 240 g/mol. The van der Waals surface area contributed by atoms with Crippen LogP contribution in [-0.4, -0.2) is 21.5 Å². The lowest BCUT2D eigenvalue weighted by atomic mass is 10.0. The van der Waals surface area contributed by atoms with E-state index in [0.29, 0.717) is 0 Å². The number of amides is 1. The summed E-state index contributed by atoms with van der Waals surface area (Å²) >= 11 is 0. The summed E-state index contributed by atoms with van der Waals surface area (Å²) in [6.07, 6.45) is 5.21. The van der Waals surface area contributed by atoms with Crippen molar-refractivity contribution in [3.63, 3.8) is 0 Å². The molecule has 0 bridgehead atoms. The largest absolute Gasteiger partial charge is 0.323 e. The van der Waals surface area contributed by atoms with E-state index >= 15 is 0 Å². The first-order valence-corrected chi connectivity index (χ1v) is 6.23. The second kappa shape index (κ2) is 5.67. The molecule has 0 saturated carbocycles. The fraction of sp³-hybridized carbons (Fsp3) is 0.286. The van der Waals surface area contributed by atoms with Crippen LogP contribution in [0.5, 0.6) is 0 Å². The third kappa shape index (κ3) is 3.00. The molecule has 5 heteroatoms. The minimum absolute atomic E-state index is 0.0976. The van der Waals surface area contributed by atoms with E-state index < -0.39 is 6.04 Å². The Labute approximate surface area is 112 Å². The highest BCUT2D eigenvalue weighted by atomic mass is 16.2. The summed E-state index contributed by atoms with van der Waals surface area (Å²) in [5.41, 5.74) is 7.43. The van der Waals surface area contributed by atoms with Gasteiger partial charge in [-0.05, 0) is 18.1 Å². The van der Waals surface area contributed by atoms with Gasteiger partial charge in [0.2, 0.25) is 5.91 Å². The molecule has 0 saturated heterocycles. The van der Waals surface area contributed by atoms with E-state index in [4.69, 9.17) is 5.73 Å². The minimum Gasteiger partial charge on any atom is -0.323 e. The lowest BCUT2D eigenvalue weighted by Crippen LogP contribution is -2.39. The summed E-state index contributed by atoms with van der Waals surface area (Å²) in [5, 5.41) is 2.87. The van der Waals surface area contributed by atoms with Crippen molar-refractivity contribution in [1.29, 1.82) is 0 Å². The summed E-state index contributed by atoms with van der Waals surface area (Å²) in [7, 11) is 0. The number of aromatic nitrogens is 2. The van der Waals surface area contributed by atoms with Crippen LogP contribution in [0.25, 0.3) is 5.69 Å². The van der Waals surface area contributed by atoms with E-state index in [-0.39, 0.29) is 11.8 Å². The van der Waals surface area contributed by atoms with E-state index in [0.717, 1.165) is 11.4 Å². The Balaban J connectivity index is 2.24. The van der Waals surface area contributed by atoms with E-state index in [1.807, 2.05) is 48.9 Å². The fourth-order valence-corrected chi connectivity index (χ4v) is 1.72. The van der Waals surface area contributed by atoms with Gasteiger partial charge in [0.05, 0.1) is 23.7 Å². The normalized spacial score (nSPS) is 12.4. The molecule has 100 valence electrons. The van der Waals surface area contributed by atoms with Crippen LogP contribution in [0.2, 0.25) is 0 Å². The number of nitrogens with zero attached hydrogens (tertiary/aromatic N) is 2. The number of anilines is 1. The monoisotopic (exact) mass is 258 g/mol. The van der Waals surface area contributed by atoms with Gasteiger partial charge in [0.1, 0.15) is 0 Å². The van der Waals surface area contributed by atoms with E-state index in [9.17, 15) is 4.79 Å². The number of para-hydroxylation sites is 2. The maximum absolute atomic E-state index is 12.0. The zero-order valence-corrected chi connectivity index (χ0v) is 11.1. The number of nitrogens with two attached hydrogens (primary N) is 1. The molecule has 1 atom stereocenters. The Morgan fingerprint density at radius 2 is 2.11 bits per heavy atom. The average molecular weight is 258 g/mol. The molecule has 0 radical (unpaired) electrons. The topological polar surface area (TPSA) is 72.9 Å². The highest BCUT2D eigenvalue weighted by Crippen LogP contribution is 2.20. The molecule has 0 aliphatic rings. The molecule has 19 heavy (non-hydrogen) atoms. The maximum Gasteiger partial charge on any atom is 0.241 e. The van der Waals surface area contributed by atoms with Crippen molar-refractivity contribution in [2.45, 2.75) is 19.9 Å². The number of nitrogens with one attached hydrogen (secondary N) is 1. The van der Waals surface area contributed by atoms with Crippen LogP contribution in [0.1, 0.15) is 13.8 Å². The van der Waals surface area contributed by atoms with Gasteiger partial charge in [-0.1, -0.05) is 26.0 Å². The lowest BCUT2D eigenvalue weighted by molar-refractivity contribution is -0.118. The van der Waals surface area contributed by atoms with Gasteiger partial charge in [-0.15, -0.1) is 0 Å². The quantitative estimate of drug-likeness (QED) is 0.878. The van der Waals surface area contributed by atoms with Crippen LogP contribution in [0.4, 0.5) is 5.69 Å². The van der Waals surface area contributed by atoms with Crippen LogP contribution >= 0.6 is 0 Å². The third-order valence-corrected chi connectivity index (χ3v) is 2.97. The zero-order chi connectivity index (χ0) is 13.8. The number of hydrogen-bond acceptors (Lipinski definition) is 3. The van der Waals surface area contributed by atoms with Gasteiger partial charge < -0.3 is 15.6 Å². The molecule has 5 nitrogen and oxygen atoms in total. The number of hydrogen-bond donors (Lipinski definition) is 2. The Morgan fingerprint density at radius 3 is 2.74 bits per heavy atom. The number of benzene rings is 1. The molecule has 1 heterocycles. The molecule has 0 aliphatic carbocycles. The van der Waals surface area contributed by atoms with Gasteiger partial charge in [-0.3, -0.25) is 4.79 Å². The van der Waals surface area contributed by atoms with Crippen molar-refractivity contribution in [3.05, 3.63) is 43.0 Å². The first-order chi connectivity index (χ1) is 9.09. The molecule has 1 amide bonds. The van der Waals surface area contributed by atoms with Gasteiger partial charge in [0.25, 0.3) is 0 Å². The van der Waals surface area contributed by atoms with Gasteiger partial charge in [0.15, 0.2) is 0 Å². The minimum atomic E-state index is -0.518. The molecule has 0 fully saturated rings. The lowest BCUT2D eigenvalue weighted by Gasteiger charge is -2.17. The molecule has 2 aromatic rings. The molecule has 0 unspecified atom stereocenters. The van der Waals surface area contributed by atoms with Crippen LogP contribution < -0.4 is 11.1 Å². The van der Waals surface area contributed by atoms with Gasteiger partial charge >= 0.3 is 0 Å². The van der Waals surface area contributed by atoms with Crippen molar-refractivity contribution in [3.8, 4) is 5.69 Å². The SMILES string of the molecule is CC(C)[C@@H](N)C(=O)Nc1ccccc1-n1ccnc1. The van der Waals surface area contributed by atoms with Crippen molar-refractivity contribution in [2.75, 3.05) is 5.32 Å². The smallest absolute Gasteiger partial charge is 0.241 e. The van der Waals surface area contributed by atoms with Crippen molar-refractivity contribution < 1.29 is 4.79 Å². The summed E-state index contributed by atoms with van der Waals surface area (Å²) < 4.78 is 1.84. The second-order valence-electron chi connectivity index (χ2n) is 4.75. The fourth-order valence-electron chi connectivity index (χ4n) is 1.72. The average Bonchev–Trinajstić information content (AvgIpc) is 2.92. The summed E-state index contributed by atoms with van der Waals surface area (Å²) in [6, 6.07) is 7.03. The Kier molecular flexibility index (Phi) is 3.97. The predicted octanol–water partition coefficient (Wildman–Crippen LogP) is 1.79. The summed E-state index contributed by atoms with van der Waals surface area (Å²) in [4.78, 5) is 16.0. The number of imidazole rings is 1. The van der Waals surface area contributed by atoms with Crippen LogP contribution in [0.3, 0.4) is 0 Å². The first kappa shape index (κ1) is 13.3. The summed E-state index contributed by atoms with van der Waals surface area (Å²) in [5.74, 6) is -0.0806. The van der Waals surface area contributed by atoms with Crippen LogP contribution in [0.15, 0.2) is 43.0 Å². The van der Waals surface area contributed by atoms with Gasteiger partial charge in [0, 0.05) is 12.4 Å². The molecule has 0 spiro atoms. The van der Waals surface area contributed by atoms with Crippen LogP contribution in [0, 0.1) is 5.92 Å². The number of rotatable bonds is 4. The molecular formula is C14H18N4O. The predicted molar refractivity (Wildman–Crippen MR) is 75.0 cm³/mol. The molecule has 3 N–H and O–H groups in total. The number of carbonyl (C=O) groups excluding carboxylic acids is 1. The Morgan fingerprint density at radius 1 is 1.37 bits per heavy atom. The van der Waals surface area contributed by atoms with Crippen molar-refractivity contribution in [2.24, 2.45) is 11.7 Å². The standard InChI is InChI=1S/C14H18N4O/c1-10(2)13(15)14(19)17-11-5-3-4-6-12(11)18-8-7-16-9-18/h3-10,13H,15H2,1-2H3,(H,17,19)/t13-/m1/s1. The molecule has 1 aromatic heterocycles. The highest BCUT2D eigenvalue weighted by molar-refractivity contribution is 5.96. The van der Waals surface area contributed by atoms with Gasteiger partial charge in [-0.2, -0.15) is 0 Å². The van der Waals surface area contributed by atoms with E-state index in [1.165, 1.54) is 0 Å². The Hall–Kier alpha value is -2.14. The number of carbonyl (C=O) groups is 1. The van der Waals surface area contributed by atoms with Crippen molar-refractivity contribution >= 4 is 11.6 Å². The zero-order valence-electron chi connectivity index (χ0n) is 11.1. The van der Waals surface area contributed by atoms with E-state index in [1.54, 1.807) is 12.5 Å². The second-order valence-corrected chi connectivity index (χ2v) is 4.75. The first-order valence-electron chi connectivity index (χ1n) is 6.23. The highest BCUT2D eigenvalue weighted by Gasteiger charge is 2.18.